The summed E-state index contributed by atoms with van der Waals surface area (Å²) in [5.74, 6) is 0.201. The first-order chi connectivity index (χ1) is 11.9. The number of hydrogen-bond acceptors (Lipinski definition) is 6. The fraction of sp³-hybridized carbons (Fsp3) is 0.562. The third-order valence-electron chi connectivity index (χ3n) is 4.58. The van der Waals surface area contributed by atoms with E-state index in [2.05, 4.69) is 20.4 Å². The van der Waals surface area contributed by atoms with Crippen molar-refractivity contribution in [3.05, 3.63) is 23.3 Å². The average molecular weight is 346 g/mol. The predicted molar refractivity (Wildman–Crippen MR) is 88.7 cm³/mol. The summed E-state index contributed by atoms with van der Waals surface area (Å²) in [6.07, 6.45) is 1.04. The van der Waals surface area contributed by atoms with Gasteiger partial charge in [0.25, 0.3) is 5.78 Å². The van der Waals surface area contributed by atoms with E-state index in [4.69, 9.17) is 10.5 Å². The van der Waals surface area contributed by atoms with Gasteiger partial charge in [0.2, 0.25) is 11.8 Å². The minimum absolute atomic E-state index is 0.0210. The van der Waals surface area contributed by atoms with Crippen molar-refractivity contribution < 1.29 is 14.3 Å². The number of carbonyl (C=O) groups is 2. The summed E-state index contributed by atoms with van der Waals surface area (Å²) in [7, 11) is 0. The second kappa shape index (κ2) is 6.75. The molecule has 9 heteroatoms. The molecule has 3 rings (SSSR count). The monoisotopic (exact) mass is 346 g/mol. The standard InChI is InChI=1S/C16H22N6O3/c1-10-7-11(2)22-15(19-10)20-12(21-22)8-13(23)18-9-16(14(17)24)3-5-25-6-4-16/h7H,3-6,8-9H2,1-2H3,(H2,17,24)(H,18,23). The van der Waals surface area contributed by atoms with E-state index in [-0.39, 0.29) is 18.9 Å². The third kappa shape index (κ3) is 3.60. The molecule has 0 unspecified atom stereocenters. The molecule has 1 fully saturated rings. The molecule has 134 valence electrons. The molecule has 0 aromatic carbocycles. The number of rotatable bonds is 5. The van der Waals surface area contributed by atoms with Gasteiger partial charge in [-0.15, -0.1) is 5.10 Å². The fourth-order valence-electron chi connectivity index (χ4n) is 3.03. The zero-order chi connectivity index (χ0) is 18.0. The fourth-order valence-corrected chi connectivity index (χ4v) is 3.03. The number of primary amides is 1. The largest absolute Gasteiger partial charge is 0.381 e. The Morgan fingerprint density at radius 3 is 2.72 bits per heavy atom. The Labute approximate surface area is 145 Å². The number of amides is 2. The van der Waals surface area contributed by atoms with Crippen LogP contribution in [0, 0.1) is 19.3 Å². The van der Waals surface area contributed by atoms with Gasteiger partial charge in [0.1, 0.15) is 0 Å². The maximum atomic E-state index is 12.2. The van der Waals surface area contributed by atoms with Gasteiger partial charge in [0.15, 0.2) is 5.82 Å². The molecular weight excluding hydrogens is 324 g/mol. The first kappa shape index (κ1) is 17.3. The van der Waals surface area contributed by atoms with Crippen LogP contribution in [0.2, 0.25) is 0 Å². The van der Waals surface area contributed by atoms with Crippen LogP contribution in [0.1, 0.15) is 30.1 Å². The van der Waals surface area contributed by atoms with Crippen molar-refractivity contribution in [2.24, 2.45) is 11.1 Å². The van der Waals surface area contributed by atoms with E-state index in [1.54, 1.807) is 4.52 Å². The van der Waals surface area contributed by atoms with Gasteiger partial charge in [-0.1, -0.05) is 0 Å². The summed E-state index contributed by atoms with van der Waals surface area (Å²) in [4.78, 5) is 32.6. The summed E-state index contributed by atoms with van der Waals surface area (Å²) in [5.41, 5.74) is 6.54. The summed E-state index contributed by atoms with van der Waals surface area (Å²) in [6, 6.07) is 1.90. The third-order valence-corrected chi connectivity index (χ3v) is 4.58. The lowest BCUT2D eigenvalue weighted by Gasteiger charge is -2.34. The van der Waals surface area contributed by atoms with Gasteiger partial charge < -0.3 is 15.8 Å². The Morgan fingerprint density at radius 2 is 2.04 bits per heavy atom. The molecule has 0 aliphatic carbocycles. The van der Waals surface area contributed by atoms with Gasteiger partial charge in [-0.25, -0.2) is 9.50 Å². The summed E-state index contributed by atoms with van der Waals surface area (Å²) in [5, 5.41) is 7.10. The molecule has 2 aromatic heterocycles. The maximum Gasteiger partial charge on any atom is 0.252 e. The molecule has 0 bridgehead atoms. The topological polar surface area (TPSA) is 125 Å². The van der Waals surface area contributed by atoms with Crippen molar-refractivity contribution in [3.8, 4) is 0 Å². The molecule has 9 nitrogen and oxygen atoms in total. The van der Waals surface area contributed by atoms with Crippen LogP contribution >= 0.6 is 0 Å². The first-order valence-corrected chi connectivity index (χ1v) is 8.24. The molecule has 0 radical (unpaired) electrons. The molecule has 3 N–H and O–H groups in total. The van der Waals surface area contributed by atoms with Gasteiger partial charge in [-0.2, -0.15) is 4.98 Å². The zero-order valence-electron chi connectivity index (χ0n) is 14.4. The predicted octanol–water partition coefficient (Wildman–Crippen LogP) is -0.318. The number of fused-ring (bicyclic) bond motifs is 1. The summed E-state index contributed by atoms with van der Waals surface area (Å²) in [6.45, 7) is 4.93. The highest BCUT2D eigenvalue weighted by molar-refractivity contribution is 5.83. The van der Waals surface area contributed by atoms with Gasteiger partial charge in [-0.05, 0) is 32.8 Å². The number of hydrogen-bond donors (Lipinski definition) is 2. The van der Waals surface area contributed by atoms with Gasteiger partial charge in [-0.3, -0.25) is 9.59 Å². The smallest absolute Gasteiger partial charge is 0.252 e. The Morgan fingerprint density at radius 1 is 1.32 bits per heavy atom. The lowest BCUT2D eigenvalue weighted by Crippen LogP contribution is -2.49. The van der Waals surface area contributed by atoms with Crippen LogP contribution in [0.25, 0.3) is 5.78 Å². The Balaban J connectivity index is 1.66. The Bertz CT molecular complexity index is 810. The number of aryl methyl sites for hydroxylation is 2. The molecule has 1 aliphatic rings. The molecular formula is C16H22N6O3. The highest BCUT2D eigenvalue weighted by Crippen LogP contribution is 2.29. The van der Waals surface area contributed by atoms with Crippen molar-refractivity contribution in [1.82, 2.24) is 24.9 Å². The van der Waals surface area contributed by atoms with E-state index in [1.807, 2.05) is 19.9 Å². The number of ether oxygens (including phenoxy) is 1. The van der Waals surface area contributed by atoms with Crippen molar-refractivity contribution in [3.63, 3.8) is 0 Å². The van der Waals surface area contributed by atoms with Crippen molar-refractivity contribution in [1.29, 1.82) is 0 Å². The van der Waals surface area contributed by atoms with Crippen molar-refractivity contribution >= 4 is 17.6 Å². The van der Waals surface area contributed by atoms with Gasteiger partial charge in [0.05, 0.1) is 11.8 Å². The lowest BCUT2D eigenvalue weighted by atomic mass is 9.79. The normalized spacial score (nSPS) is 16.7. The Hall–Kier alpha value is -2.55. The molecule has 0 saturated carbocycles. The van der Waals surface area contributed by atoms with Crippen LogP contribution in [0.5, 0.6) is 0 Å². The Kier molecular flexibility index (Phi) is 4.67. The van der Waals surface area contributed by atoms with E-state index in [0.717, 1.165) is 11.4 Å². The molecule has 2 aromatic rings. The quantitative estimate of drug-likeness (QED) is 0.764. The van der Waals surface area contributed by atoms with Crippen LogP contribution in [0.15, 0.2) is 6.07 Å². The molecule has 0 spiro atoms. The number of aromatic nitrogens is 4. The summed E-state index contributed by atoms with van der Waals surface area (Å²) < 4.78 is 6.89. The van der Waals surface area contributed by atoms with Crippen LogP contribution in [0.3, 0.4) is 0 Å². The van der Waals surface area contributed by atoms with Gasteiger partial charge >= 0.3 is 0 Å². The summed E-state index contributed by atoms with van der Waals surface area (Å²) >= 11 is 0. The van der Waals surface area contributed by atoms with E-state index in [1.165, 1.54) is 0 Å². The minimum Gasteiger partial charge on any atom is -0.381 e. The van der Waals surface area contributed by atoms with E-state index in [0.29, 0.717) is 37.7 Å². The average Bonchev–Trinajstić information content (AvgIpc) is 2.96. The number of nitrogens with zero attached hydrogens (tertiary/aromatic N) is 4. The van der Waals surface area contributed by atoms with Crippen molar-refractivity contribution in [2.45, 2.75) is 33.1 Å². The van der Waals surface area contributed by atoms with Crippen LogP contribution in [0.4, 0.5) is 0 Å². The molecule has 1 aliphatic heterocycles. The van der Waals surface area contributed by atoms with E-state index >= 15 is 0 Å². The highest BCUT2D eigenvalue weighted by Gasteiger charge is 2.38. The van der Waals surface area contributed by atoms with E-state index < -0.39 is 11.3 Å². The number of nitrogens with one attached hydrogen (secondary N) is 1. The second-order valence-electron chi connectivity index (χ2n) is 6.49. The van der Waals surface area contributed by atoms with E-state index in [9.17, 15) is 9.59 Å². The molecule has 25 heavy (non-hydrogen) atoms. The first-order valence-electron chi connectivity index (χ1n) is 8.24. The number of carbonyl (C=O) groups excluding carboxylic acids is 2. The minimum atomic E-state index is -0.741. The van der Waals surface area contributed by atoms with Crippen LogP contribution in [-0.2, 0) is 20.7 Å². The second-order valence-corrected chi connectivity index (χ2v) is 6.49. The molecule has 3 heterocycles. The van der Waals surface area contributed by atoms with Crippen molar-refractivity contribution in [2.75, 3.05) is 19.8 Å². The van der Waals surface area contributed by atoms with Crippen LogP contribution in [-0.4, -0.2) is 51.2 Å². The van der Waals surface area contributed by atoms with Crippen LogP contribution < -0.4 is 11.1 Å². The maximum absolute atomic E-state index is 12.2. The molecule has 1 saturated heterocycles. The molecule has 2 amide bonds. The SMILES string of the molecule is Cc1cc(C)n2nc(CC(=O)NCC3(C(N)=O)CCOCC3)nc2n1. The van der Waals surface area contributed by atoms with Gasteiger partial charge in [0, 0.05) is 31.1 Å². The highest BCUT2D eigenvalue weighted by atomic mass is 16.5. The zero-order valence-corrected chi connectivity index (χ0v) is 14.4. The lowest BCUT2D eigenvalue weighted by molar-refractivity contribution is -0.133. The molecule has 0 atom stereocenters. The number of nitrogens with two attached hydrogens (primary N) is 1.